The van der Waals surface area contributed by atoms with E-state index in [9.17, 15) is 32.4 Å². The second-order valence-electron chi connectivity index (χ2n) is 15.1. The number of carbonyl (C=O) groups excluding carboxylic acids is 5. The van der Waals surface area contributed by atoms with Gasteiger partial charge in [0.1, 0.15) is 12.1 Å². The molecule has 4 rings (SSSR count). The van der Waals surface area contributed by atoms with Gasteiger partial charge in [0.2, 0.25) is 27.6 Å². The molecule has 4 fully saturated rings. The van der Waals surface area contributed by atoms with E-state index in [2.05, 4.69) is 27.8 Å². The van der Waals surface area contributed by atoms with Crippen molar-refractivity contribution in [3.05, 3.63) is 12.7 Å². The zero-order valence-electron chi connectivity index (χ0n) is 29.1. The molecule has 0 bridgehead atoms. The van der Waals surface area contributed by atoms with E-state index in [0.29, 0.717) is 25.9 Å². The Labute approximate surface area is 285 Å². The third-order valence-electron chi connectivity index (χ3n) is 10.7. The van der Waals surface area contributed by atoms with Crippen LogP contribution in [0.2, 0.25) is 0 Å². The third-order valence-corrected chi connectivity index (χ3v) is 12.6. The van der Waals surface area contributed by atoms with Crippen LogP contribution < -0.4 is 21.3 Å². The van der Waals surface area contributed by atoms with Gasteiger partial charge < -0.3 is 26.2 Å². The minimum absolute atomic E-state index is 0.0607. The molecule has 0 aromatic carbocycles. The Morgan fingerprint density at radius 2 is 1.67 bits per heavy atom. The Kier molecular flexibility index (Phi) is 12.7. The molecule has 0 aromatic rings. The first-order chi connectivity index (χ1) is 22.7. The highest BCUT2D eigenvalue weighted by Crippen LogP contribution is 2.45. The normalized spacial score (nSPS) is 25.9. The lowest BCUT2D eigenvalue weighted by molar-refractivity contribution is -0.144. The molecule has 0 spiro atoms. The predicted molar refractivity (Wildman–Crippen MR) is 182 cm³/mol. The number of amides is 5. The first-order valence-electron chi connectivity index (χ1n) is 17.8. The van der Waals surface area contributed by atoms with Crippen LogP contribution in [0.4, 0.5) is 4.79 Å². The molecule has 48 heavy (non-hydrogen) atoms. The van der Waals surface area contributed by atoms with Crippen molar-refractivity contribution in [2.75, 3.05) is 31.9 Å². The number of nitrogens with one attached hydrogen (secondary N) is 4. The number of sulfonamides is 1. The molecule has 4 aliphatic rings. The van der Waals surface area contributed by atoms with Crippen LogP contribution in [0.3, 0.4) is 0 Å². The maximum absolute atomic E-state index is 14.5. The second-order valence-corrected chi connectivity index (χ2v) is 17.2. The predicted octanol–water partition coefficient (Wildman–Crippen LogP) is 2.08. The number of Topliss-reactive ketones (excluding diaryl/α,β-unsaturated/α-hetero) is 1. The maximum Gasteiger partial charge on any atom is 0.315 e. The minimum Gasteiger partial charge on any atom is -0.346 e. The number of fused-ring (bicyclic) bond motifs is 1. The van der Waals surface area contributed by atoms with Gasteiger partial charge in [0.25, 0.3) is 5.91 Å². The zero-order valence-corrected chi connectivity index (χ0v) is 29.9. The molecule has 4 N–H and O–H groups in total. The van der Waals surface area contributed by atoms with Crippen molar-refractivity contribution in [1.29, 1.82) is 0 Å². The molecule has 2 heterocycles. The third kappa shape index (κ3) is 8.96. The Bertz CT molecular complexity index is 1330. The quantitative estimate of drug-likeness (QED) is 0.159. The first kappa shape index (κ1) is 37.8. The van der Waals surface area contributed by atoms with Crippen molar-refractivity contribution in [1.82, 2.24) is 30.5 Å². The van der Waals surface area contributed by atoms with Crippen molar-refractivity contribution < 1.29 is 32.4 Å². The lowest BCUT2D eigenvalue weighted by atomic mass is 9.73. The van der Waals surface area contributed by atoms with Crippen molar-refractivity contribution in [3.8, 4) is 0 Å². The molecule has 1 unspecified atom stereocenters. The molecule has 2 saturated heterocycles. The molecule has 2 aliphatic heterocycles. The molecular weight excluding hydrogens is 636 g/mol. The van der Waals surface area contributed by atoms with Crippen LogP contribution in [0.15, 0.2) is 12.7 Å². The Hall–Kier alpha value is -3.00. The number of rotatable bonds is 14. The smallest absolute Gasteiger partial charge is 0.315 e. The molecule has 13 nitrogen and oxygen atoms in total. The monoisotopic (exact) mass is 692 g/mol. The van der Waals surface area contributed by atoms with Crippen LogP contribution in [0.25, 0.3) is 0 Å². The lowest BCUT2D eigenvalue weighted by Gasteiger charge is -2.37. The van der Waals surface area contributed by atoms with Gasteiger partial charge in [-0.25, -0.2) is 13.2 Å². The fourth-order valence-corrected chi connectivity index (χ4v) is 9.16. The number of urea groups is 1. The van der Waals surface area contributed by atoms with Gasteiger partial charge in [-0.3, -0.25) is 19.2 Å². The standard InChI is InChI=1S/C34H56N6O7S/c1-6-12-25(29(41)31(43)35-17-7-2)36-30(42)28-24-16-15-23(24)20-40(28)32(44)27(22-13-9-8-10-14-22)38-33(45)37-26(34(3,4)5)21-39-18-11-19-48(39,46)47/h7,22-28H,2,6,8-21H2,1,3-5H3,(H,35,43)(H,36,42)(H2,37,38,45)/t23-,24-,25?,26+,27-,28-/m0/s1. The van der Waals surface area contributed by atoms with Gasteiger partial charge in [-0.2, -0.15) is 4.31 Å². The summed E-state index contributed by atoms with van der Waals surface area (Å²) in [5, 5.41) is 11.3. The summed E-state index contributed by atoms with van der Waals surface area (Å²) in [4.78, 5) is 69.1. The molecule has 0 aromatic heterocycles. The number of hydrogen-bond acceptors (Lipinski definition) is 7. The lowest BCUT2D eigenvalue weighted by Crippen LogP contribution is -2.61. The number of carbonyl (C=O) groups is 5. The average Bonchev–Trinajstić information content (AvgIpc) is 3.50. The average molecular weight is 693 g/mol. The summed E-state index contributed by atoms with van der Waals surface area (Å²) in [5.74, 6) is -2.23. The van der Waals surface area contributed by atoms with E-state index in [-0.39, 0.29) is 48.9 Å². The van der Waals surface area contributed by atoms with Crippen LogP contribution in [-0.2, 0) is 29.2 Å². The van der Waals surface area contributed by atoms with Gasteiger partial charge in [0.05, 0.1) is 11.8 Å². The van der Waals surface area contributed by atoms with Gasteiger partial charge in [-0.05, 0) is 61.7 Å². The van der Waals surface area contributed by atoms with E-state index < -0.39 is 63.2 Å². The van der Waals surface area contributed by atoms with Crippen LogP contribution in [0.5, 0.6) is 0 Å². The van der Waals surface area contributed by atoms with Crippen LogP contribution >= 0.6 is 0 Å². The van der Waals surface area contributed by atoms with Gasteiger partial charge in [-0.1, -0.05) is 59.5 Å². The summed E-state index contributed by atoms with van der Waals surface area (Å²) < 4.78 is 26.6. The van der Waals surface area contributed by atoms with Gasteiger partial charge in [0.15, 0.2) is 0 Å². The number of hydrogen-bond donors (Lipinski definition) is 4. The topological polar surface area (TPSA) is 174 Å². The summed E-state index contributed by atoms with van der Waals surface area (Å²) in [6.07, 6.45) is 8.94. The fraction of sp³-hybridized carbons (Fsp3) is 0.794. The van der Waals surface area contributed by atoms with Crippen molar-refractivity contribution in [2.24, 2.45) is 23.2 Å². The zero-order chi connectivity index (χ0) is 35.2. The van der Waals surface area contributed by atoms with E-state index in [1.807, 2.05) is 27.7 Å². The molecule has 270 valence electrons. The van der Waals surface area contributed by atoms with E-state index in [0.717, 1.165) is 44.9 Å². The highest BCUT2D eigenvalue weighted by Gasteiger charge is 2.54. The largest absolute Gasteiger partial charge is 0.346 e. The molecular formula is C34H56N6O7S. The van der Waals surface area contributed by atoms with Gasteiger partial charge >= 0.3 is 6.03 Å². The highest BCUT2D eigenvalue weighted by atomic mass is 32.2. The molecule has 2 saturated carbocycles. The summed E-state index contributed by atoms with van der Waals surface area (Å²) in [5.41, 5.74) is -0.466. The van der Waals surface area contributed by atoms with Crippen molar-refractivity contribution in [3.63, 3.8) is 0 Å². The minimum atomic E-state index is -3.37. The van der Waals surface area contributed by atoms with Gasteiger partial charge in [0, 0.05) is 32.2 Å². The fourth-order valence-electron chi connectivity index (χ4n) is 7.63. The van der Waals surface area contributed by atoms with E-state index >= 15 is 0 Å². The first-order valence-corrected chi connectivity index (χ1v) is 19.4. The summed E-state index contributed by atoms with van der Waals surface area (Å²) in [6.45, 7) is 12.3. The number of likely N-dealkylation sites (tertiary alicyclic amines) is 1. The van der Waals surface area contributed by atoms with E-state index in [1.54, 1.807) is 4.90 Å². The molecule has 14 heteroatoms. The van der Waals surface area contributed by atoms with E-state index in [1.165, 1.54) is 10.4 Å². The maximum atomic E-state index is 14.5. The molecule has 6 atom stereocenters. The van der Waals surface area contributed by atoms with Crippen LogP contribution in [0, 0.1) is 23.2 Å². The second kappa shape index (κ2) is 16.1. The highest BCUT2D eigenvalue weighted by molar-refractivity contribution is 7.89. The Morgan fingerprint density at radius 3 is 2.23 bits per heavy atom. The van der Waals surface area contributed by atoms with Crippen molar-refractivity contribution >= 4 is 39.6 Å². The molecule has 0 radical (unpaired) electrons. The Balaban J connectivity index is 1.53. The van der Waals surface area contributed by atoms with Gasteiger partial charge in [-0.15, -0.1) is 6.58 Å². The van der Waals surface area contributed by atoms with Crippen molar-refractivity contribution in [2.45, 2.75) is 116 Å². The molecule has 5 amide bonds. The number of nitrogens with zero attached hydrogens (tertiary/aromatic N) is 2. The van der Waals surface area contributed by atoms with Crippen LogP contribution in [0.1, 0.15) is 91.9 Å². The molecule has 2 aliphatic carbocycles. The number of ketones is 1. The van der Waals surface area contributed by atoms with E-state index in [4.69, 9.17) is 0 Å². The summed E-state index contributed by atoms with van der Waals surface area (Å²) in [7, 11) is -3.37. The Morgan fingerprint density at radius 1 is 0.958 bits per heavy atom. The van der Waals surface area contributed by atoms with Crippen LogP contribution in [-0.4, -0.2) is 103 Å². The SMILES string of the molecule is C=CCNC(=O)C(=O)C(CCC)NC(=O)[C@@H]1[C@H]2CC[C@H]2CN1C(=O)[C@@H](NC(=O)N[C@H](CN1CCCS1(=O)=O)C(C)(C)C)C1CCCCC1. The summed E-state index contributed by atoms with van der Waals surface area (Å²) >= 11 is 0. The summed E-state index contributed by atoms with van der Waals surface area (Å²) in [6, 6.07) is -3.75.